The quantitative estimate of drug-likeness (QED) is 0.0543. The summed E-state index contributed by atoms with van der Waals surface area (Å²) in [5.41, 5.74) is 20.0. The van der Waals surface area contributed by atoms with Gasteiger partial charge in [0, 0.05) is 42.4 Å². The molecule has 4 aromatic carbocycles. The van der Waals surface area contributed by atoms with Crippen molar-refractivity contribution in [2.24, 2.45) is 0 Å². The van der Waals surface area contributed by atoms with Crippen LogP contribution in [0, 0.1) is 0 Å². The predicted molar refractivity (Wildman–Crippen MR) is 302 cm³/mol. The Morgan fingerprint density at radius 1 is 0.771 bits per heavy atom. The number of benzene rings is 4. The molecule has 4 N–H and O–H groups in total. The summed E-state index contributed by atoms with van der Waals surface area (Å²) in [6.07, 6.45) is -8.06. The monoisotopic (exact) mass is 1190 g/mol. The van der Waals surface area contributed by atoms with Crippen molar-refractivity contribution in [2.45, 2.75) is 68.1 Å². The van der Waals surface area contributed by atoms with E-state index in [2.05, 4.69) is 71.4 Å². The number of carbonyl (C=O) groups excluding carboxylic acids is 1. The van der Waals surface area contributed by atoms with E-state index in [1.807, 2.05) is 28.9 Å². The average Bonchev–Trinajstić information content (AvgIpc) is 3.02. The third-order valence-corrected chi connectivity index (χ3v) is 19.5. The van der Waals surface area contributed by atoms with E-state index in [0.29, 0.717) is 29.2 Å². The van der Waals surface area contributed by atoms with E-state index >= 15 is 13.3 Å². The van der Waals surface area contributed by atoms with Crippen LogP contribution >= 0.6 is 25.7 Å². The van der Waals surface area contributed by atoms with Gasteiger partial charge in [-0.3, -0.25) is 22.7 Å². The van der Waals surface area contributed by atoms with Crippen molar-refractivity contribution < 1.29 is 59.7 Å². The fourth-order valence-corrected chi connectivity index (χ4v) is 15.0. The van der Waals surface area contributed by atoms with E-state index in [1.165, 1.54) is 40.4 Å². The minimum Gasteiger partial charge on any atom is -0.492 e. The number of hydrogen-bond donors (Lipinski definition) is 2. The van der Waals surface area contributed by atoms with Gasteiger partial charge in [-0.15, -0.1) is 5.10 Å². The van der Waals surface area contributed by atoms with Crippen molar-refractivity contribution >= 4 is 78.7 Å². The minimum absolute atomic E-state index is 0.0370. The first kappa shape index (κ1) is 54.6. The van der Waals surface area contributed by atoms with Gasteiger partial charge in [0.1, 0.15) is 65.6 Å². The number of aromatic nitrogens is 10. The van der Waals surface area contributed by atoms with Crippen molar-refractivity contribution in [3.8, 4) is 34.0 Å². The molecule has 0 bridgehead atoms. The van der Waals surface area contributed by atoms with Gasteiger partial charge in [-0.2, -0.15) is 0 Å². The zero-order chi connectivity index (χ0) is 57.1. The summed E-state index contributed by atoms with van der Waals surface area (Å²) in [5.74, 6) is 0.0922. The molecule has 10 atom stereocenters. The highest BCUT2D eigenvalue weighted by molar-refractivity contribution is 8.54. The van der Waals surface area contributed by atoms with Crippen LogP contribution in [-0.2, 0) is 55.5 Å². The molecule has 13 rings (SSSR count). The topological polar surface area (TPSA) is 285 Å². The molecule has 3 fully saturated rings. The SMILES string of the molecule is B[P@]1(=O)OC[C@H]2O[C@@H](n3cnc4c(N)ccnc43)[C@H](F)[C@@H]2O[P@](=O)(SCc2ccc(OC(=O)c3ccc(OCCn4nnc5c4-c4ccccc4N(C)Cc4ccccc4-5)cc3)cc2)OC[C@H]2O[C@@H](n3cnc4c(N)ncnc43)[C@H](F)[C@@H]2O1. The number of anilines is 3. The zero-order valence-electron chi connectivity index (χ0n) is 44.1. The summed E-state index contributed by atoms with van der Waals surface area (Å²) in [6, 6.07) is 30.9. The highest BCUT2D eigenvalue weighted by atomic mass is 32.7. The van der Waals surface area contributed by atoms with Crippen molar-refractivity contribution in [3.05, 3.63) is 145 Å². The lowest BCUT2D eigenvalue weighted by Gasteiger charge is -2.30. The van der Waals surface area contributed by atoms with Gasteiger partial charge >= 0.3 is 12.8 Å². The van der Waals surface area contributed by atoms with Crippen LogP contribution in [0.3, 0.4) is 0 Å². The smallest absolute Gasteiger partial charge is 0.389 e. The molecule has 4 aliphatic rings. The van der Waals surface area contributed by atoms with Crippen LogP contribution in [0.4, 0.5) is 26.0 Å². The minimum atomic E-state index is -4.56. The molecular formula is C53H50BF2N13O11P2S. The van der Waals surface area contributed by atoms with E-state index in [9.17, 15) is 9.36 Å². The fraction of sp³-hybridized carbons (Fsp3) is 0.283. The number of carbonyl (C=O) groups is 1. The highest BCUT2D eigenvalue weighted by Gasteiger charge is 2.55. The second-order valence-corrected chi connectivity index (χ2v) is 26.0. The first-order valence-electron chi connectivity index (χ1n) is 26.1. The number of hydrogen-bond acceptors (Lipinski definition) is 22. The Morgan fingerprint density at radius 3 is 2.19 bits per heavy atom. The van der Waals surface area contributed by atoms with Gasteiger partial charge in [-0.05, 0) is 71.0 Å². The van der Waals surface area contributed by atoms with Gasteiger partial charge in [0.05, 0.1) is 49.4 Å². The molecule has 3 saturated heterocycles. The van der Waals surface area contributed by atoms with E-state index < -0.39 is 82.7 Å². The molecule has 0 unspecified atom stereocenters. The predicted octanol–water partition coefficient (Wildman–Crippen LogP) is 7.68. The molecule has 426 valence electrons. The van der Waals surface area contributed by atoms with Crippen LogP contribution in [0.25, 0.3) is 44.8 Å². The number of rotatable bonds is 11. The maximum atomic E-state index is 17.1. The largest absolute Gasteiger partial charge is 0.492 e. The lowest BCUT2D eigenvalue weighted by Crippen LogP contribution is -2.37. The highest BCUT2D eigenvalue weighted by Crippen LogP contribution is 2.65. The van der Waals surface area contributed by atoms with Gasteiger partial charge in [0.2, 0.25) is 0 Å². The Hall–Kier alpha value is -7.65. The average molecular weight is 1190 g/mol. The number of para-hydroxylation sites is 1. The molecule has 5 aromatic heterocycles. The molecule has 83 heavy (non-hydrogen) atoms. The molecule has 0 aliphatic carbocycles. The number of ether oxygens (including phenoxy) is 4. The summed E-state index contributed by atoms with van der Waals surface area (Å²) in [7, 11) is -1.02. The maximum Gasteiger partial charge on any atom is 0.389 e. The molecule has 4 aliphatic heterocycles. The Morgan fingerprint density at radius 2 is 1.43 bits per heavy atom. The second-order valence-electron chi connectivity index (χ2n) is 20.0. The van der Waals surface area contributed by atoms with Crippen molar-refractivity contribution in [2.75, 3.05) is 43.2 Å². The third-order valence-electron chi connectivity index (χ3n) is 14.6. The van der Waals surface area contributed by atoms with Gasteiger partial charge in [-0.1, -0.05) is 59.8 Å². The summed E-state index contributed by atoms with van der Waals surface area (Å²) < 4.78 is 116. The zero-order valence-corrected chi connectivity index (χ0v) is 46.7. The summed E-state index contributed by atoms with van der Waals surface area (Å²) in [6.45, 7) is -4.47. The van der Waals surface area contributed by atoms with Crippen LogP contribution in [0.2, 0.25) is 0 Å². The number of nitrogens with two attached hydrogens (primary N) is 2. The number of alkyl halides is 2. The van der Waals surface area contributed by atoms with Crippen LogP contribution < -0.4 is 25.8 Å². The summed E-state index contributed by atoms with van der Waals surface area (Å²) >= 11 is 0.699. The number of esters is 1. The molecule has 0 spiro atoms. The van der Waals surface area contributed by atoms with Gasteiger partial charge in [0.25, 0.3) is 15.0 Å². The normalized spacial score (nSPS) is 26.1. The van der Waals surface area contributed by atoms with Gasteiger partial charge in [-0.25, -0.2) is 47.7 Å². The van der Waals surface area contributed by atoms with Gasteiger partial charge in [0.15, 0.2) is 41.9 Å². The van der Waals surface area contributed by atoms with Gasteiger partial charge < -0.3 is 44.4 Å². The van der Waals surface area contributed by atoms with E-state index in [-0.39, 0.29) is 57.5 Å². The Bertz CT molecular complexity index is 4020. The Balaban J connectivity index is 0.690. The first-order valence-corrected chi connectivity index (χ1v) is 31.2. The van der Waals surface area contributed by atoms with E-state index in [0.717, 1.165) is 47.9 Å². The van der Waals surface area contributed by atoms with E-state index in [4.69, 9.17) is 48.5 Å². The molecule has 0 radical (unpaired) electrons. The molecule has 0 amide bonds. The van der Waals surface area contributed by atoms with Crippen molar-refractivity contribution in [1.82, 2.24) is 49.0 Å². The number of nitrogen functional groups attached to an aromatic ring is 2. The molecule has 24 nitrogen and oxygen atoms in total. The number of pyridine rings is 1. The van der Waals surface area contributed by atoms with Crippen LogP contribution in [0.15, 0.2) is 128 Å². The summed E-state index contributed by atoms with van der Waals surface area (Å²) in [5, 5.41) is 9.19. The number of nitrogens with zero attached hydrogens (tertiary/aromatic N) is 11. The molecule has 0 saturated carbocycles. The molecular weight excluding hydrogens is 1140 g/mol. The van der Waals surface area contributed by atoms with Crippen molar-refractivity contribution in [3.63, 3.8) is 0 Å². The number of fused-ring (bicyclic) bond motifs is 9. The second kappa shape index (κ2) is 22.2. The summed E-state index contributed by atoms with van der Waals surface area (Å²) in [4.78, 5) is 36.6. The maximum absolute atomic E-state index is 17.1. The molecule has 30 heteroatoms. The van der Waals surface area contributed by atoms with Crippen LogP contribution in [0.5, 0.6) is 11.5 Å². The van der Waals surface area contributed by atoms with Crippen LogP contribution in [0.1, 0.15) is 33.9 Å². The Kier molecular flexibility index (Phi) is 14.6. The van der Waals surface area contributed by atoms with Crippen LogP contribution in [-0.4, -0.2) is 126 Å². The lowest BCUT2D eigenvalue weighted by atomic mass is 9.96. The first-order chi connectivity index (χ1) is 40.2. The fourth-order valence-electron chi connectivity index (χ4n) is 10.5. The lowest BCUT2D eigenvalue weighted by molar-refractivity contribution is -0.0546. The Labute approximate surface area is 475 Å². The standard InChI is InChI=1S/C53H50BF2N13O11P2S/c1-66-22-31-6-2-3-7-34(31)42-45(35-8-4-5-9-37(35)66)69(65-64-42)20-21-73-32-16-12-30(13-17-32)53(70)76-33-14-10-29(11-15-33)25-83-82(72)75-24-39-46(40(55)51(78-39)68-28-63-44-48(58)60-26-61-50(44)68)79-81(54,71)74-23-38-47(80-82)41(56)52(77-38)67-27-62-43-36(57)18-19-59-49(43)67/h2-19,26-28,38-41,46-47,51-52H,20-25,54H2,1H3,(H2,57,59)(H2,58,60,61)/t38-,39-,40-,41-,46-,47-,51-,52-,81+,82-/m1/s1. The van der Waals surface area contributed by atoms with Crippen molar-refractivity contribution in [1.29, 1.82) is 0 Å². The third kappa shape index (κ3) is 10.6. The molecule has 9 aromatic rings. The molecule has 9 heterocycles. The number of halogens is 2. The number of imidazole rings is 2. The van der Waals surface area contributed by atoms with E-state index in [1.54, 1.807) is 48.5 Å².